The van der Waals surface area contributed by atoms with Gasteiger partial charge in [0, 0.05) is 19.7 Å². The molecule has 0 aliphatic carbocycles. The second-order valence-corrected chi connectivity index (χ2v) is 9.85. The molecule has 0 aromatic heterocycles. The number of cyclic esters (lactones) is 1. The van der Waals surface area contributed by atoms with Crippen LogP contribution in [0.3, 0.4) is 0 Å². The predicted octanol–water partition coefficient (Wildman–Crippen LogP) is 2.41. The summed E-state index contributed by atoms with van der Waals surface area (Å²) in [4.78, 5) is 44.3. The highest BCUT2D eigenvalue weighted by Gasteiger charge is 2.71. The molecular formula is C26H29ClN2O6. The Morgan fingerprint density at radius 1 is 1.17 bits per heavy atom. The second-order valence-electron chi connectivity index (χ2n) is 9.45. The number of carbonyl (C=O) groups is 3. The van der Waals surface area contributed by atoms with Gasteiger partial charge in [-0.2, -0.15) is 0 Å². The van der Waals surface area contributed by atoms with Crippen LogP contribution in [0.15, 0.2) is 42.5 Å². The van der Waals surface area contributed by atoms with Crippen LogP contribution in [0, 0.1) is 18.8 Å². The van der Waals surface area contributed by atoms with Crippen LogP contribution < -0.4 is 4.90 Å². The van der Waals surface area contributed by atoms with Gasteiger partial charge in [0.2, 0.25) is 5.91 Å². The van der Waals surface area contributed by atoms with Crippen LogP contribution in [0.25, 0.3) is 0 Å². The number of esters is 1. The van der Waals surface area contributed by atoms with E-state index in [-0.39, 0.29) is 38.1 Å². The molecule has 2 amide bonds. The largest absolute Gasteiger partial charge is 0.465 e. The minimum absolute atomic E-state index is 0.0155. The molecule has 4 heterocycles. The molecule has 5 rings (SSSR count). The number of hydrogen-bond donors (Lipinski definition) is 1. The zero-order valence-electron chi connectivity index (χ0n) is 19.6. The van der Waals surface area contributed by atoms with E-state index < -0.39 is 35.6 Å². The number of amides is 2. The summed E-state index contributed by atoms with van der Waals surface area (Å²) in [5, 5.41) is 9.74. The maximum atomic E-state index is 14.3. The normalized spacial score (nSPS) is 32.0. The number of carbonyl (C=O) groups excluding carboxylic acids is 3. The van der Waals surface area contributed by atoms with E-state index >= 15 is 0 Å². The van der Waals surface area contributed by atoms with Crippen LogP contribution in [0.4, 0.5) is 5.69 Å². The molecule has 0 radical (unpaired) electrons. The molecule has 1 aromatic rings. The van der Waals surface area contributed by atoms with Crippen molar-refractivity contribution >= 4 is 35.1 Å². The molecule has 5 atom stereocenters. The summed E-state index contributed by atoms with van der Waals surface area (Å²) in [7, 11) is 0. The standard InChI is InChI=1S/C26H29ClN2O6/c1-16-8-6-9-17(27)21(16)28-13-7-11-26-20(19-18(35-26)10-2-5-15-34-25(19)33)23(31)29(12-3-4-14-30)22(26)24(28)32/h2,6-11,18-20,22,30H,3-5,12-15H2,1H3/t18-,19+,20+,22?,26+/m1/s1. The molecule has 1 N–H and O–H groups in total. The van der Waals surface area contributed by atoms with Crippen molar-refractivity contribution in [2.24, 2.45) is 11.8 Å². The first-order valence-electron chi connectivity index (χ1n) is 12.1. The highest BCUT2D eigenvalue weighted by molar-refractivity contribution is 6.34. The molecular weight excluding hydrogens is 472 g/mol. The average Bonchev–Trinajstić information content (AvgIpc) is 3.19. The molecule has 0 saturated carbocycles. The zero-order valence-corrected chi connectivity index (χ0v) is 20.3. The third-order valence-electron chi connectivity index (χ3n) is 7.39. The van der Waals surface area contributed by atoms with Gasteiger partial charge >= 0.3 is 5.97 Å². The van der Waals surface area contributed by atoms with E-state index in [0.717, 1.165) is 5.56 Å². The smallest absolute Gasteiger partial charge is 0.312 e. The molecule has 1 unspecified atom stereocenters. The molecule has 2 fully saturated rings. The van der Waals surface area contributed by atoms with Crippen LogP contribution in [0.2, 0.25) is 5.02 Å². The summed E-state index contributed by atoms with van der Waals surface area (Å²) in [6.07, 6.45) is 8.24. The number of fused-ring (bicyclic) bond motifs is 2. The quantitative estimate of drug-likeness (QED) is 0.379. The number of ether oxygens (including phenoxy) is 2. The molecule has 4 aliphatic heterocycles. The summed E-state index contributed by atoms with van der Waals surface area (Å²) >= 11 is 6.53. The number of benzene rings is 1. The van der Waals surface area contributed by atoms with Gasteiger partial charge in [0.1, 0.15) is 17.6 Å². The average molecular weight is 501 g/mol. The first kappa shape index (κ1) is 24.0. The van der Waals surface area contributed by atoms with Crippen molar-refractivity contribution < 1.29 is 29.0 Å². The Kier molecular flexibility index (Phi) is 6.46. The summed E-state index contributed by atoms with van der Waals surface area (Å²) < 4.78 is 12.0. The Morgan fingerprint density at radius 3 is 2.77 bits per heavy atom. The topological polar surface area (TPSA) is 96.4 Å². The van der Waals surface area contributed by atoms with Crippen LogP contribution in [-0.4, -0.2) is 71.8 Å². The third kappa shape index (κ3) is 3.79. The van der Waals surface area contributed by atoms with Crippen molar-refractivity contribution in [1.29, 1.82) is 0 Å². The van der Waals surface area contributed by atoms with Gasteiger partial charge < -0.3 is 24.4 Å². The van der Waals surface area contributed by atoms with Crippen molar-refractivity contribution in [2.45, 2.75) is 43.9 Å². The Hall–Kier alpha value is -2.68. The number of anilines is 1. The van der Waals surface area contributed by atoms with Crippen molar-refractivity contribution in [1.82, 2.24) is 4.90 Å². The number of halogens is 1. The minimum Gasteiger partial charge on any atom is -0.465 e. The van der Waals surface area contributed by atoms with E-state index in [1.165, 1.54) is 4.90 Å². The van der Waals surface area contributed by atoms with Crippen LogP contribution in [0.5, 0.6) is 0 Å². The number of unbranched alkanes of at least 4 members (excludes halogenated alkanes) is 1. The molecule has 8 nitrogen and oxygen atoms in total. The fourth-order valence-electron chi connectivity index (χ4n) is 5.91. The SMILES string of the molecule is Cc1cccc(Cl)c1N1CC=C[C@]23O[C@@H]4C=CCCOC(=O)[C@@H]4[C@H]2C(=O)N(CCCCO)C3C1=O. The fourth-order valence-corrected chi connectivity index (χ4v) is 6.23. The van der Waals surface area contributed by atoms with Gasteiger partial charge in [-0.05, 0) is 37.8 Å². The van der Waals surface area contributed by atoms with Gasteiger partial charge in [-0.3, -0.25) is 14.4 Å². The number of para-hydroxylation sites is 1. The number of aliphatic hydroxyl groups is 1. The second kappa shape index (κ2) is 9.41. The van der Waals surface area contributed by atoms with E-state index in [0.29, 0.717) is 30.0 Å². The van der Waals surface area contributed by atoms with Gasteiger partial charge in [-0.25, -0.2) is 0 Å². The number of rotatable bonds is 5. The number of aryl methyl sites for hydroxylation is 1. The fraction of sp³-hybridized carbons (Fsp3) is 0.500. The first-order chi connectivity index (χ1) is 16.9. The van der Waals surface area contributed by atoms with Crippen molar-refractivity contribution in [3.8, 4) is 0 Å². The number of likely N-dealkylation sites (tertiary alicyclic amines) is 1. The Labute approximate surface area is 209 Å². The van der Waals surface area contributed by atoms with E-state index in [1.807, 2.05) is 37.3 Å². The Morgan fingerprint density at radius 2 is 2.00 bits per heavy atom. The maximum Gasteiger partial charge on any atom is 0.312 e. The first-order valence-corrected chi connectivity index (χ1v) is 12.4. The number of aliphatic hydroxyl groups excluding tert-OH is 1. The Bertz CT molecular complexity index is 1080. The molecule has 9 heteroatoms. The number of nitrogens with zero attached hydrogens (tertiary/aromatic N) is 2. The van der Waals surface area contributed by atoms with Crippen LogP contribution in [0.1, 0.15) is 24.8 Å². The highest BCUT2D eigenvalue weighted by atomic mass is 35.5. The van der Waals surface area contributed by atoms with Gasteiger partial charge in [0.15, 0.2) is 0 Å². The lowest BCUT2D eigenvalue weighted by Crippen LogP contribution is -2.55. The van der Waals surface area contributed by atoms with Crippen LogP contribution in [-0.2, 0) is 23.9 Å². The summed E-state index contributed by atoms with van der Waals surface area (Å²) in [6, 6.07) is 4.47. The predicted molar refractivity (Wildman–Crippen MR) is 129 cm³/mol. The lowest BCUT2D eigenvalue weighted by atomic mass is 9.77. The minimum atomic E-state index is -1.31. The molecule has 1 spiro atoms. The summed E-state index contributed by atoms with van der Waals surface area (Å²) in [6.45, 7) is 2.63. The van der Waals surface area contributed by atoms with Gasteiger partial charge in [0.05, 0.1) is 29.3 Å². The van der Waals surface area contributed by atoms with E-state index in [4.69, 9.17) is 21.1 Å². The molecule has 186 valence electrons. The molecule has 1 aromatic carbocycles. The van der Waals surface area contributed by atoms with Gasteiger partial charge in [-0.15, -0.1) is 0 Å². The lowest BCUT2D eigenvalue weighted by Gasteiger charge is -2.36. The van der Waals surface area contributed by atoms with Crippen LogP contribution >= 0.6 is 11.6 Å². The monoisotopic (exact) mass is 500 g/mol. The van der Waals surface area contributed by atoms with Crippen molar-refractivity contribution in [3.63, 3.8) is 0 Å². The van der Waals surface area contributed by atoms with Crippen molar-refractivity contribution in [2.75, 3.05) is 31.2 Å². The third-order valence-corrected chi connectivity index (χ3v) is 7.69. The van der Waals surface area contributed by atoms with Gasteiger partial charge in [0.25, 0.3) is 5.91 Å². The zero-order chi connectivity index (χ0) is 24.7. The molecule has 0 bridgehead atoms. The molecule has 4 aliphatic rings. The summed E-state index contributed by atoms with van der Waals surface area (Å²) in [5.74, 6) is -2.81. The molecule has 2 saturated heterocycles. The molecule has 35 heavy (non-hydrogen) atoms. The van der Waals surface area contributed by atoms with E-state index in [2.05, 4.69) is 0 Å². The maximum absolute atomic E-state index is 14.3. The number of hydrogen-bond acceptors (Lipinski definition) is 6. The Balaban J connectivity index is 1.62. The van der Waals surface area contributed by atoms with Gasteiger partial charge in [-0.1, -0.05) is 48.0 Å². The van der Waals surface area contributed by atoms with Crippen molar-refractivity contribution in [3.05, 3.63) is 53.1 Å². The highest BCUT2D eigenvalue weighted by Crippen LogP contribution is 2.53. The van der Waals surface area contributed by atoms with E-state index in [1.54, 1.807) is 17.0 Å². The lowest BCUT2D eigenvalue weighted by molar-refractivity contribution is -0.154. The summed E-state index contributed by atoms with van der Waals surface area (Å²) in [5.41, 5.74) is 0.124. The van der Waals surface area contributed by atoms with E-state index in [9.17, 15) is 19.5 Å².